The van der Waals surface area contributed by atoms with E-state index < -0.39 is 14.3 Å². The zero-order valence-corrected chi connectivity index (χ0v) is 20.4. The molecule has 0 heterocycles. The zero-order valence-electron chi connectivity index (χ0n) is 19.4. The van der Waals surface area contributed by atoms with Gasteiger partial charge in [0.05, 0.1) is 25.5 Å². The molecule has 2 aromatic rings. The first kappa shape index (κ1) is 23.8. The molecule has 0 radical (unpaired) electrons. The molecule has 0 aromatic heterocycles. The number of ether oxygens (including phenoxy) is 2. The fraction of sp³-hybridized carbons (Fsp3) is 0.458. The van der Waals surface area contributed by atoms with Gasteiger partial charge in [0.2, 0.25) is 0 Å². The van der Waals surface area contributed by atoms with E-state index in [0.29, 0.717) is 27.9 Å². The number of hydrogen-bond donors (Lipinski definition) is 1. The van der Waals surface area contributed by atoms with E-state index in [0.717, 1.165) is 17.1 Å². The lowest BCUT2D eigenvalue weighted by Crippen LogP contribution is -2.50. The molecule has 0 bridgehead atoms. The molecule has 2 aromatic carbocycles. The molecule has 0 fully saturated rings. The van der Waals surface area contributed by atoms with Crippen molar-refractivity contribution in [3.8, 4) is 11.5 Å². The van der Waals surface area contributed by atoms with Crippen LogP contribution in [0, 0.1) is 0 Å². The van der Waals surface area contributed by atoms with Gasteiger partial charge in [-0.2, -0.15) is 0 Å². The smallest absolute Gasteiger partial charge is 0.337 e. The number of rotatable bonds is 9. The van der Waals surface area contributed by atoms with Crippen molar-refractivity contribution in [1.82, 2.24) is 0 Å². The highest BCUT2D eigenvalue weighted by Crippen LogP contribution is 2.43. The Bertz CT molecular complexity index is 842. The lowest BCUT2D eigenvalue weighted by atomic mass is 10.2. The number of hydrogen-bond acceptors (Lipinski definition) is 5. The van der Waals surface area contributed by atoms with Gasteiger partial charge >= 0.3 is 5.97 Å². The monoisotopic (exact) mass is 429 g/mol. The van der Waals surface area contributed by atoms with Gasteiger partial charge in [0, 0.05) is 11.8 Å². The molecule has 164 valence electrons. The van der Waals surface area contributed by atoms with Crippen molar-refractivity contribution in [2.75, 3.05) is 19.5 Å². The second kappa shape index (κ2) is 10.0. The van der Waals surface area contributed by atoms with Gasteiger partial charge in [-0.05, 0) is 47.0 Å². The van der Waals surface area contributed by atoms with Crippen LogP contribution in [0.1, 0.15) is 51.9 Å². The van der Waals surface area contributed by atoms with Crippen LogP contribution in [0.2, 0.25) is 16.6 Å². The van der Waals surface area contributed by atoms with Crippen LogP contribution in [0.25, 0.3) is 0 Å². The third-order valence-corrected chi connectivity index (χ3v) is 11.7. The summed E-state index contributed by atoms with van der Waals surface area (Å²) in [6, 6.07) is 13.2. The third-order valence-electron chi connectivity index (χ3n) is 5.74. The number of anilines is 2. The van der Waals surface area contributed by atoms with Crippen LogP contribution in [0.5, 0.6) is 11.5 Å². The highest BCUT2D eigenvalue weighted by molar-refractivity contribution is 6.78. The molecule has 5 nitrogen and oxygen atoms in total. The van der Waals surface area contributed by atoms with Crippen LogP contribution < -0.4 is 14.5 Å². The minimum absolute atomic E-state index is 0.396. The lowest BCUT2D eigenvalue weighted by Gasteiger charge is -2.42. The van der Waals surface area contributed by atoms with Crippen molar-refractivity contribution in [3.63, 3.8) is 0 Å². The first-order valence-electron chi connectivity index (χ1n) is 10.5. The number of benzene rings is 2. The van der Waals surface area contributed by atoms with E-state index in [2.05, 4.69) is 46.9 Å². The maximum Gasteiger partial charge on any atom is 0.337 e. The summed E-state index contributed by atoms with van der Waals surface area (Å²) in [7, 11) is 0.911. The summed E-state index contributed by atoms with van der Waals surface area (Å²) in [6.07, 6.45) is 0. The fourth-order valence-corrected chi connectivity index (χ4v) is 9.63. The molecule has 1 N–H and O–H groups in total. The average molecular weight is 430 g/mol. The summed E-state index contributed by atoms with van der Waals surface area (Å²) in [5.41, 5.74) is 3.61. The van der Waals surface area contributed by atoms with Gasteiger partial charge in [-0.1, -0.05) is 47.6 Å². The van der Waals surface area contributed by atoms with E-state index in [1.54, 1.807) is 19.2 Å². The van der Waals surface area contributed by atoms with Crippen molar-refractivity contribution in [3.05, 3.63) is 48.0 Å². The van der Waals surface area contributed by atoms with E-state index in [4.69, 9.17) is 13.9 Å². The van der Waals surface area contributed by atoms with Gasteiger partial charge in [-0.3, -0.25) is 0 Å². The minimum atomic E-state index is -2.03. The Labute approximate surface area is 181 Å². The SMILES string of the molecule is COC(=O)c1ccc(Nc2cccc(O[Si](C(C)C)(C(C)C)C(C)C)c2)c(OC)c1. The molecule has 6 heteroatoms. The summed E-state index contributed by atoms with van der Waals surface area (Å²) >= 11 is 0. The standard InChI is InChI=1S/C24H35NO4Si/c1-16(2)30(17(3)4,18(5)6)29-21-11-9-10-20(15-21)25-22-13-12-19(24(26)28-8)14-23(22)27-7/h9-18,25H,1-8H3. The van der Waals surface area contributed by atoms with Gasteiger partial charge in [-0.15, -0.1) is 0 Å². The molecule has 0 saturated heterocycles. The largest absolute Gasteiger partial charge is 0.543 e. The number of methoxy groups -OCH3 is 2. The van der Waals surface area contributed by atoms with Gasteiger partial charge in [0.25, 0.3) is 8.32 Å². The van der Waals surface area contributed by atoms with Crippen molar-refractivity contribution < 1.29 is 18.7 Å². The average Bonchev–Trinajstić information content (AvgIpc) is 2.71. The Kier molecular flexibility index (Phi) is 7.95. The highest BCUT2D eigenvalue weighted by Gasteiger charge is 2.47. The molecular weight excluding hydrogens is 394 g/mol. The van der Waals surface area contributed by atoms with Crippen LogP contribution >= 0.6 is 0 Å². The molecule has 0 spiro atoms. The second-order valence-electron chi connectivity index (χ2n) is 8.48. The van der Waals surface area contributed by atoms with Crippen LogP contribution in [0.4, 0.5) is 11.4 Å². The van der Waals surface area contributed by atoms with Gasteiger partial charge in [0.15, 0.2) is 0 Å². The fourth-order valence-electron chi connectivity index (χ4n) is 4.39. The van der Waals surface area contributed by atoms with Crippen LogP contribution in [0.3, 0.4) is 0 Å². The number of esters is 1. The van der Waals surface area contributed by atoms with E-state index in [9.17, 15) is 4.79 Å². The molecule has 30 heavy (non-hydrogen) atoms. The molecule has 0 aliphatic carbocycles. The Morgan fingerprint density at radius 2 is 1.53 bits per heavy atom. The number of carbonyl (C=O) groups excluding carboxylic acids is 1. The quantitative estimate of drug-likeness (QED) is 0.352. The summed E-state index contributed by atoms with van der Waals surface area (Å²) in [5, 5.41) is 3.38. The Hall–Kier alpha value is -2.47. The predicted octanol–water partition coefficient (Wildman–Crippen LogP) is 6.78. The van der Waals surface area contributed by atoms with E-state index in [1.165, 1.54) is 7.11 Å². The molecule has 2 rings (SSSR count). The van der Waals surface area contributed by atoms with Crippen LogP contribution in [-0.4, -0.2) is 28.5 Å². The summed E-state index contributed by atoms with van der Waals surface area (Å²) in [5.74, 6) is 1.06. The summed E-state index contributed by atoms with van der Waals surface area (Å²) in [4.78, 5) is 11.8. The molecule has 0 aliphatic rings. The second-order valence-corrected chi connectivity index (χ2v) is 13.9. The summed E-state index contributed by atoms with van der Waals surface area (Å²) < 4.78 is 17.0. The van der Waals surface area contributed by atoms with Gasteiger partial charge in [-0.25, -0.2) is 4.79 Å². The van der Waals surface area contributed by atoms with Crippen molar-refractivity contribution in [1.29, 1.82) is 0 Å². The maximum atomic E-state index is 11.8. The maximum absolute atomic E-state index is 11.8. The molecular formula is C24H35NO4Si. The van der Waals surface area contributed by atoms with Crippen molar-refractivity contribution in [2.45, 2.75) is 58.2 Å². The summed E-state index contributed by atoms with van der Waals surface area (Å²) in [6.45, 7) is 13.7. The van der Waals surface area contributed by atoms with E-state index in [-0.39, 0.29) is 0 Å². The molecule has 0 atom stereocenters. The van der Waals surface area contributed by atoms with Crippen LogP contribution in [0.15, 0.2) is 42.5 Å². The van der Waals surface area contributed by atoms with Crippen molar-refractivity contribution in [2.24, 2.45) is 0 Å². The Morgan fingerprint density at radius 3 is 2.07 bits per heavy atom. The van der Waals surface area contributed by atoms with Gasteiger partial charge < -0.3 is 19.2 Å². The Balaban J connectivity index is 2.33. The van der Waals surface area contributed by atoms with E-state index in [1.807, 2.05) is 30.3 Å². The number of carbonyl (C=O) groups is 1. The topological polar surface area (TPSA) is 56.8 Å². The van der Waals surface area contributed by atoms with E-state index >= 15 is 0 Å². The first-order valence-corrected chi connectivity index (χ1v) is 12.6. The molecule has 0 saturated carbocycles. The van der Waals surface area contributed by atoms with Gasteiger partial charge in [0.1, 0.15) is 11.5 Å². The lowest BCUT2D eigenvalue weighted by molar-refractivity contribution is 0.0600. The molecule has 0 aliphatic heterocycles. The van der Waals surface area contributed by atoms with Crippen LogP contribution in [-0.2, 0) is 4.74 Å². The zero-order chi connectivity index (χ0) is 22.5. The highest BCUT2D eigenvalue weighted by atomic mass is 28.4. The normalized spacial score (nSPS) is 11.7. The minimum Gasteiger partial charge on any atom is -0.543 e. The molecule has 0 unspecified atom stereocenters. The first-order chi connectivity index (χ1) is 14.1. The third kappa shape index (κ3) is 4.98. The predicted molar refractivity (Wildman–Crippen MR) is 126 cm³/mol. The Morgan fingerprint density at radius 1 is 0.900 bits per heavy atom. The number of nitrogens with one attached hydrogen (secondary N) is 1. The molecule has 0 amide bonds. The van der Waals surface area contributed by atoms with Crippen molar-refractivity contribution >= 4 is 25.7 Å².